The lowest BCUT2D eigenvalue weighted by Gasteiger charge is -2.35. The molecule has 7 nitrogen and oxygen atoms in total. The van der Waals surface area contributed by atoms with Crippen LogP contribution in [0, 0.1) is 6.92 Å². The number of urea groups is 1. The van der Waals surface area contributed by atoms with Gasteiger partial charge in [0.1, 0.15) is 6.54 Å². The lowest BCUT2D eigenvalue weighted by Crippen LogP contribution is -2.49. The minimum atomic E-state index is -3.29. The molecular formula is C20H26ClN3O4S. The molecular weight excluding hydrogens is 414 g/mol. The van der Waals surface area contributed by atoms with Crippen LogP contribution < -0.4 is 4.90 Å². The van der Waals surface area contributed by atoms with Gasteiger partial charge in [0.25, 0.3) is 0 Å². The van der Waals surface area contributed by atoms with E-state index in [1.165, 1.54) is 9.80 Å². The Morgan fingerprint density at radius 2 is 1.93 bits per heavy atom. The number of sulfone groups is 1. The number of carbonyl (C=O) groups is 2. The summed E-state index contributed by atoms with van der Waals surface area (Å²) in [5.41, 5.74) is 1.45. The van der Waals surface area contributed by atoms with Crippen molar-refractivity contribution in [2.45, 2.75) is 51.2 Å². The molecule has 0 spiro atoms. The van der Waals surface area contributed by atoms with Crippen LogP contribution in [-0.2, 0) is 14.6 Å². The highest BCUT2D eigenvalue weighted by molar-refractivity contribution is 7.91. The molecule has 158 valence electrons. The number of rotatable bonds is 3. The Morgan fingerprint density at radius 1 is 1.21 bits per heavy atom. The number of hydrogen-bond acceptors (Lipinski definition) is 4. The van der Waals surface area contributed by atoms with Crippen LogP contribution in [0.1, 0.15) is 31.7 Å². The average molecular weight is 440 g/mol. The van der Waals surface area contributed by atoms with E-state index < -0.39 is 21.9 Å². The Bertz CT molecular complexity index is 951. The van der Waals surface area contributed by atoms with Crippen molar-refractivity contribution < 1.29 is 18.0 Å². The molecule has 1 aromatic carbocycles. The Morgan fingerprint density at radius 3 is 2.62 bits per heavy atom. The third-order valence-corrected chi connectivity index (χ3v) is 8.45. The number of fused-ring (bicyclic) bond motifs is 1. The standard InChI is InChI=1S/C20H26ClN3O4S/c1-13-6-7-15(9-16(13)21)24-18-12-29(27,28)11-17(18)23(20(24)26)10-19(25)22-8-4-3-5-14(22)2/h6-7,9,14,17-18H,3-5,8,10-12H2,1-2H3/t14-,17-,18+/m0/s1. The van der Waals surface area contributed by atoms with E-state index in [0.717, 1.165) is 24.8 Å². The van der Waals surface area contributed by atoms with Gasteiger partial charge in [-0.25, -0.2) is 13.2 Å². The molecule has 9 heteroatoms. The van der Waals surface area contributed by atoms with Crippen molar-refractivity contribution in [2.24, 2.45) is 0 Å². The molecule has 0 saturated carbocycles. The van der Waals surface area contributed by atoms with Crippen molar-refractivity contribution in [3.8, 4) is 0 Å². The van der Waals surface area contributed by atoms with Gasteiger partial charge in [-0.05, 0) is 50.8 Å². The third kappa shape index (κ3) is 3.72. The lowest BCUT2D eigenvalue weighted by atomic mass is 10.0. The molecule has 4 rings (SSSR count). The predicted molar refractivity (Wildman–Crippen MR) is 112 cm³/mol. The van der Waals surface area contributed by atoms with E-state index in [1.807, 2.05) is 24.8 Å². The molecule has 29 heavy (non-hydrogen) atoms. The van der Waals surface area contributed by atoms with Crippen LogP contribution in [0.5, 0.6) is 0 Å². The number of aryl methyl sites for hydroxylation is 1. The fourth-order valence-corrected chi connectivity index (χ4v) is 6.83. The second kappa shape index (κ2) is 7.47. The molecule has 3 aliphatic heterocycles. The molecule has 1 aromatic rings. The first-order valence-electron chi connectivity index (χ1n) is 10.0. The summed E-state index contributed by atoms with van der Waals surface area (Å²) in [6.45, 7) is 4.49. The third-order valence-electron chi connectivity index (χ3n) is 6.34. The van der Waals surface area contributed by atoms with Gasteiger partial charge in [-0.3, -0.25) is 9.69 Å². The van der Waals surface area contributed by atoms with Crippen molar-refractivity contribution in [2.75, 3.05) is 29.5 Å². The van der Waals surface area contributed by atoms with Gasteiger partial charge in [-0.15, -0.1) is 0 Å². The van der Waals surface area contributed by atoms with Gasteiger partial charge < -0.3 is 9.80 Å². The number of amides is 3. The first kappa shape index (κ1) is 20.5. The summed E-state index contributed by atoms with van der Waals surface area (Å²) >= 11 is 6.25. The topological polar surface area (TPSA) is 78.0 Å². The van der Waals surface area contributed by atoms with Gasteiger partial charge in [0.05, 0.1) is 23.6 Å². The second-order valence-corrected chi connectivity index (χ2v) is 10.9. The fourth-order valence-electron chi connectivity index (χ4n) is 4.70. The number of benzene rings is 1. The first-order valence-corrected chi connectivity index (χ1v) is 12.2. The maximum atomic E-state index is 13.3. The number of piperidine rings is 1. The van der Waals surface area contributed by atoms with Gasteiger partial charge in [0, 0.05) is 23.3 Å². The van der Waals surface area contributed by atoms with E-state index in [1.54, 1.807) is 12.1 Å². The highest BCUT2D eigenvalue weighted by Gasteiger charge is 2.54. The van der Waals surface area contributed by atoms with Crippen LogP contribution in [0.25, 0.3) is 0 Å². The van der Waals surface area contributed by atoms with Crippen molar-refractivity contribution in [1.82, 2.24) is 9.80 Å². The maximum absolute atomic E-state index is 13.3. The Balaban J connectivity index is 1.63. The maximum Gasteiger partial charge on any atom is 0.325 e. The zero-order valence-corrected chi connectivity index (χ0v) is 18.2. The molecule has 0 aliphatic carbocycles. The minimum absolute atomic E-state index is 0.0873. The molecule has 0 unspecified atom stereocenters. The van der Waals surface area contributed by atoms with Gasteiger partial charge in [-0.2, -0.15) is 0 Å². The molecule has 0 bridgehead atoms. The molecule has 0 radical (unpaired) electrons. The number of halogens is 1. The summed E-state index contributed by atoms with van der Waals surface area (Å²) < 4.78 is 24.7. The molecule has 3 aliphatic rings. The van der Waals surface area contributed by atoms with Crippen LogP contribution in [-0.4, -0.2) is 72.9 Å². The summed E-state index contributed by atoms with van der Waals surface area (Å²) in [4.78, 5) is 31.0. The zero-order chi connectivity index (χ0) is 20.9. The Labute approximate surface area is 176 Å². The molecule has 3 fully saturated rings. The normalized spacial score (nSPS) is 28.7. The summed E-state index contributed by atoms with van der Waals surface area (Å²) in [6, 6.07) is 4.08. The van der Waals surface area contributed by atoms with Crippen molar-refractivity contribution >= 4 is 39.1 Å². The average Bonchev–Trinajstić information content (AvgIpc) is 3.08. The van der Waals surface area contributed by atoms with Crippen LogP contribution >= 0.6 is 11.6 Å². The highest BCUT2D eigenvalue weighted by Crippen LogP contribution is 2.36. The Kier molecular flexibility index (Phi) is 5.27. The number of hydrogen-bond donors (Lipinski definition) is 0. The zero-order valence-electron chi connectivity index (χ0n) is 16.7. The van der Waals surface area contributed by atoms with Crippen LogP contribution in [0.4, 0.5) is 10.5 Å². The van der Waals surface area contributed by atoms with Crippen molar-refractivity contribution in [3.63, 3.8) is 0 Å². The smallest absolute Gasteiger partial charge is 0.325 e. The fraction of sp³-hybridized carbons (Fsp3) is 0.600. The highest BCUT2D eigenvalue weighted by atomic mass is 35.5. The van der Waals surface area contributed by atoms with Crippen LogP contribution in [0.3, 0.4) is 0 Å². The summed E-state index contributed by atoms with van der Waals surface area (Å²) in [7, 11) is -3.29. The minimum Gasteiger partial charge on any atom is -0.338 e. The van der Waals surface area contributed by atoms with E-state index >= 15 is 0 Å². The molecule has 3 amide bonds. The first-order chi connectivity index (χ1) is 13.7. The van der Waals surface area contributed by atoms with Crippen molar-refractivity contribution in [1.29, 1.82) is 0 Å². The van der Waals surface area contributed by atoms with Crippen LogP contribution in [0.2, 0.25) is 5.02 Å². The van der Waals surface area contributed by atoms with Gasteiger partial charge in [0.2, 0.25) is 5.91 Å². The van der Waals surface area contributed by atoms with E-state index in [2.05, 4.69) is 0 Å². The number of anilines is 1. The quantitative estimate of drug-likeness (QED) is 0.678. The van der Waals surface area contributed by atoms with Gasteiger partial charge in [-0.1, -0.05) is 17.7 Å². The molecule has 0 aromatic heterocycles. The summed E-state index contributed by atoms with van der Waals surface area (Å²) in [5.74, 6) is -0.320. The molecule has 3 saturated heterocycles. The van der Waals surface area contributed by atoms with Gasteiger partial charge >= 0.3 is 6.03 Å². The Hall–Kier alpha value is -1.80. The van der Waals surface area contributed by atoms with E-state index in [9.17, 15) is 18.0 Å². The van der Waals surface area contributed by atoms with E-state index in [4.69, 9.17) is 11.6 Å². The summed E-state index contributed by atoms with van der Waals surface area (Å²) in [5, 5.41) is 0.518. The monoisotopic (exact) mass is 439 g/mol. The second-order valence-electron chi connectivity index (χ2n) is 8.36. The lowest BCUT2D eigenvalue weighted by molar-refractivity contribution is -0.135. The largest absolute Gasteiger partial charge is 0.338 e. The number of nitrogens with zero attached hydrogens (tertiary/aromatic N) is 3. The molecule has 0 N–H and O–H groups in total. The predicted octanol–water partition coefficient (Wildman–Crippen LogP) is 2.46. The molecule has 3 atom stereocenters. The number of carbonyl (C=O) groups excluding carboxylic acids is 2. The summed E-state index contributed by atoms with van der Waals surface area (Å²) in [6.07, 6.45) is 3.01. The SMILES string of the molecule is Cc1ccc(N2C(=O)N(CC(=O)N3CCCC[C@@H]3C)[C@H]3CS(=O)(=O)C[C@H]32)cc1Cl. The van der Waals surface area contributed by atoms with E-state index in [-0.39, 0.29) is 36.0 Å². The van der Waals surface area contributed by atoms with Crippen molar-refractivity contribution in [3.05, 3.63) is 28.8 Å². The van der Waals surface area contributed by atoms with Crippen LogP contribution in [0.15, 0.2) is 18.2 Å². The molecule has 3 heterocycles. The van der Waals surface area contributed by atoms with Gasteiger partial charge in [0.15, 0.2) is 9.84 Å². The number of likely N-dealkylation sites (tertiary alicyclic amines) is 1. The van der Waals surface area contributed by atoms with E-state index in [0.29, 0.717) is 17.3 Å².